The van der Waals surface area contributed by atoms with Gasteiger partial charge in [0.2, 0.25) is 0 Å². The van der Waals surface area contributed by atoms with Gasteiger partial charge in [-0.1, -0.05) is 0 Å². The van der Waals surface area contributed by atoms with Crippen LogP contribution in [0.5, 0.6) is 0 Å². The molecule has 0 spiro atoms. The standard InChI is InChI=1S/C8H21B2N5/c1-11(2)9-13(5)8-14(6)10(12(3)4)15(9)7/h1-7H3. The van der Waals surface area contributed by atoms with Crippen LogP contribution >= 0.6 is 0 Å². The van der Waals surface area contributed by atoms with Crippen molar-refractivity contribution < 1.29 is 0 Å². The van der Waals surface area contributed by atoms with Gasteiger partial charge >= 0.3 is 14.2 Å². The zero-order chi connectivity index (χ0) is 11.7. The van der Waals surface area contributed by atoms with E-state index < -0.39 is 0 Å². The lowest BCUT2D eigenvalue weighted by atomic mass is 9.68. The second kappa shape index (κ2) is 4.84. The molecular formula is C8H21B2N5. The van der Waals surface area contributed by atoms with E-state index in [4.69, 9.17) is 0 Å². The average molecular weight is 209 g/mol. The predicted molar refractivity (Wildman–Crippen MR) is 65.4 cm³/mol. The van der Waals surface area contributed by atoms with E-state index in [1.807, 2.05) is 14.1 Å². The normalized spacial score (nSPS) is 22.2. The van der Waals surface area contributed by atoms with E-state index in [1.165, 1.54) is 0 Å². The van der Waals surface area contributed by atoms with Crippen LogP contribution in [-0.2, 0) is 0 Å². The van der Waals surface area contributed by atoms with Crippen LogP contribution < -0.4 is 0 Å². The number of hydrogen-bond acceptors (Lipinski definition) is 5. The molecule has 0 aromatic heterocycles. The Bertz CT molecular complexity index is 193. The fourth-order valence-electron chi connectivity index (χ4n) is 2.44. The van der Waals surface area contributed by atoms with Gasteiger partial charge in [0.15, 0.2) is 0 Å². The number of hydrogen-bond donors (Lipinski definition) is 0. The van der Waals surface area contributed by atoms with E-state index in [1.54, 1.807) is 0 Å². The van der Waals surface area contributed by atoms with Gasteiger partial charge in [-0.15, -0.1) is 0 Å². The number of rotatable bonds is 2. The van der Waals surface area contributed by atoms with Crippen molar-refractivity contribution in [3.8, 4) is 0 Å². The molecule has 0 unspecified atom stereocenters. The molecule has 0 aromatic rings. The van der Waals surface area contributed by atoms with Crippen LogP contribution in [0.1, 0.15) is 0 Å². The molecule has 1 fully saturated rings. The number of nitrogens with zero attached hydrogens (tertiary/aromatic N) is 5. The van der Waals surface area contributed by atoms with Crippen LogP contribution in [0.25, 0.3) is 0 Å². The lowest BCUT2D eigenvalue weighted by Gasteiger charge is -2.48. The minimum Gasteiger partial charge on any atom is -0.329 e. The molecule has 1 rings (SSSR count). The predicted octanol–water partition coefficient (Wildman–Crippen LogP) is -1.12. The first-order valence-corrected chi connectivity index (χ1v) is 5.13. The molecule has 0 aromatic carbocycles. The maximum Gasteiger partial charge on any atom is 0.395 e. The van der Waals surface area contributed by atoms with Gasteiger partial charge in [-0.3, -0.25) is 9.62 Å². The first-order valence-electron chi connectivity index (χ1n) is 5.13. The summed E-state index contributed by atoms with van der Waals surface area (Å²) in [7, 11) is 15.0. The molecule has 0 bridgehead atoms. The van der Waals surface area contributed by atoms with Gasteiger partial charge in [0.05, 0.1) is 0 Å². The molecule has 1 aliphatic heterocycles. The van der Waals surface area contributed by atoms with Crippen molar-refractivity contribution >= 4 is 14.2 Å². The Morgan fingerprint density at radius 1 is 0.800 bits per heavy atom. The summed E-state index contributed by atoms with van der Waals surface area (Å²) in [4.78, 5) is 8.52. The van der Waals surface area contributed by atoms with E-state index in [-0.39, 0.29) is 14.2 Å². The van der Waals surface area contributed by atoms with Crippen LogP contribution in [0.15, 0.2) is 0 Å². The van der Waals surface area contributed by atoms with E-state index in [2.05, 4.69) is 65.9 Å². The van der Waals surface area contributed by atoms with Gasteiger partial charge < -0.3 is 14.3 Å². The molecule has 2 radical (unpaired) electrons. The monoisotopic (exact) mass is 209 g/mol. The summed E-state index contributed by atoms with van der Waals surface area (Å²) in [6, 6.07) is 0. The molecule has 0 aliphatic carbocycles. The molecule has 0 atom stereocenters. The second-order valence-electron chi connectivity index (χ2n) is 4.61. The van der Waals surface area contributed by atoms with Crippen molar-refractivity contribution in [2.45, 2.75) is 0 Å². The summed E-state index contributed by atoms with van der Waals surface area (Å²) >= 11 is 0. The van der Waals surface area contributed by atoms with Crippen molar-refractivity contribution in [3.63, 3.8) is 0 Å². The average Bonchev–Trinajstić information content (AvgIpc) is 1.99. The van der Waals surface area contributed by atoms with Crippen LogP contribution in [0.2, 0.25) is 0 Å². The van der Waals surface area contributed by atoms with Crippen molar-refractivity contribution in [1.82, 2.24) is 24.0 Å². The van der Waals surface area contributed by atoms with Crippen LogP contribution in [0, 0.1) is 6.67 Å². The maximum absolute atomic E-state index is 3.31. The highest BCUT2D eigenvalue weighted by molar-refractivity contribution is 6.68. The van der Waals surface area contributed by atoms with Gasteiger partial charge in [-0.05, 0) is 49.3 Å². The van der Waals surface area contributed by atoms with Crippen LogP contribution in [0.3, 0.4) is 0 Å². The molecule has 0 N–H and O–H groups in total. The van der Waals surface area contributed by atoms with Gasteiger partial charge in [0.25, 0.3) is 0 Å². The summed E-state index contributed by atoms with van der Waals surface area (Å²) < 4.78 is 2.30. The molecule has 1 heterocycles. The Kier molecular flexibility index (Phi) is 4.20. The Balaban J connectivity index is 2.84. The van der Waals surface area contributed by atoms with Gasteiger partial charge in [-0.25, -0.2) is 0 Å². The molecule has 7 heteroatoms. The van der Waals surface area contributed by atoms with Crippen molar-refractivity contribution in [2.75, 3.05) is 49.3 Å². The molecular weight excluding hydrogens is 188 g/mol. The third kappa shape index (κ3) is 2.54. The topological polar surface area (TPSA) is 16.2 Å². The molecule has 5 nitrogen and oxygen atoms in total. The summed E-state index contributed by atoms with van der Waals surface area (Å²) in [6.45, 7) is 3.31. The third-order valence-corrected chi connectivity index (χ3v) is 2.66. The molecule has 1 saturated heterocycles. The van der Waals surface area contributed by atoms with Gasteiger partial charge in [-0.2, -0.15) is 0 Å². The second-order valence-corrected chi connectivity index (χ2v) is 4.61. The molecule has 84 valence electrons. The fourth-order valence-corrected chi connectivity index (χ4v) is 2.44. The molecule has 1 aliphatic rings. The molecule has 15 heavy (non-hydrogen) atoms. The summed E-state index contributed by atoms with van der Waals surface area (Å²) in [5.41, 5.74) is 0. The zero-order valence-electron chi connectivity index (χ0n) is 10.9. The zero-order valence-corrected chi connectivity index (χ0v) is 10.9. The Morgan fingerprint density at radius 3 is 1.40 bits per heavy atom. The van der Waals surface area contributed by atoms with Crippen LogP contribution in [0.4, 0.5) is 0 Å². The van der Waals surface area contributed by atoms with Crippen LogP contribution in [-0.4, -0.2) is 87.5 Å². The van der Waals surface area contributed by atoms with E-state index in [9.17, 15) is 0 Å². The summed E-state index contributed by atoms with van der Waals surface area (Å²) in [5, 5.41) is 0. The SMILES string of the molecule is CN(C)B1N(C)[C]N(C)B(N(C)C)N1C. The maximum atomic E-state index is 3.31. The molecule has 0 amide bonds. The van der Waals surface area contributed by atoms with Crippen molar-refractivity contribution in [2.24, 2.45) is 0 Å². The Morgan fingerprint density at radius 2 is 1.13 bits per heavy atom. The Hall–Kier alpha value is -0.0701. The lowest BCUT2D eigenvalue weighted by molar-refractivity contribution is 0.308. The minimum atomic E-state index is 0.244. The minimum absolute atomic E-state index is 0.244. The van der Waals surface area contributed by atoms with Crippen molar-refractivity contribution in [1.29, 1.82) is 0 Å². The van der Waals surface area contributed by atoms with Crippen molar-refractivity contribution in [3.05, 3.63) is 6.67 Å². The largest absolute Gasteiger partial charge is 0.395 e. The smallest absolute Gasteiger partial charge is 0.329 e. The highest BCUT2D eigenvalue weighted by Gasteiger charge is 2.45. The fraction of sp³-hybridized carbons (Fsp3) is 0.875. The van der Waals surface area contributed by atoms with E-state index in [0.29, 0.717) is 0 Å². The third-order valence-electron chi connectivity index (χ3n) is 2.66. The summed E-state index contributed by atoms with van der Waals surface area (Å²) in [5.74, 6) is 0. The summed E-state index contributed by atoms with van der Waals surface area (Å²) in [6.07, 6.45) is 0. The first kappa shape index (κ1) is 13.0. The molecule has 0 saturated carbocycles. The Labute approximate surface area is 94.9 Å². The van der Waals surface area contributed by atoms with E-state index in [0.717, 1.165) is 0 Å². The first-order chi connectivity index (χ1) is 6.86. The lowest BCUT2D eigenvalue weighted by Crippen LogP contribution is -2.74. The highest BCUT2D eigenvalue weighted by atomic mass is 15.5. The van der Waals surface area contributed by atoms with Gasteiger partial charge in [0, 0.05) is 0 Å². The highest BCUT2D eigenvalue weighted by Crippen LogP contribution is 2.16. The van der Waals surface area contributed by atoms with Gasteiger partial charge in [0.1, 0.15) is 6.67 Å². The van der Waals surface area contributed by atoms with E-state index >= 15 is 0 Å². The quantitative estimate of drug-likeness (QED) is 0.534.